The first-order valence-electron chi connectivity index (χ1n) is 8.21. The van der Waals surface area contributed by atoms with Gasteiger partial charge in [-0.3, -0.25) is 4.79 Å². The van der Waals surface area contributed by atoms with Gasteiger partial charge in [-0.05, 0) is 18.4 Å². The molecular weight excluding hydrogens is 290 g/mol. The lowest BCUT2D eigenvalue weighted by Gasteiger charge is -2.25. The van der Waals surface area contributed by atoms with E-state index < -0.39 is 0 Å². The van der Waals surface area contributed by atoms with Gasteiger partial charge in [0.25, 0.3) is 0 Å². The smallest absolute Gasteiger partial charge is 0.214 e. The summed E-state index contributed by atoms with van der Waals surface area (Å²) in [5.74, 6) is 0. The lowest BCUT2D eigenvalue weighted by Crippen LogP contribution is -2.30. The lowest BCUT2D eigenvalue weighted by atomic mass is 9.95. The number of carbonyl (C=O) groups is 1. The molecule has 22 heavy (non-hydrogen) atoms. The predicted molar refractivity (Wildman–Crippen MR) is 96.8 cm³/mol. The Labute approximate surface area is 138 Å². The van der Waals surface area contributed by atoms with Crippen LogP contribution in [0.4, 0.5) is 0 Å². The van der Waals surface area contributed by atoms with Crippen molar-refractivity contribution in [2.24, 2.45) is 0 Å². The minimum atomic E-state index is -0.0553. The molecule has 0 unspecified atom stereocenters. The normalized spacial score (nSPS) is 17.3. The second-order valence-electron chi connectivity index (χ2n) is 6.94. The van der Waals surface area contributed by atoms with Crippen LogP contribution in [0.2, 0.25) is 0 Å². The van der Waals surface area contributed by atoms with Crippen molar-refractivity contribution >= 4 is 22.6 Å². The van der Waals surface area contributed by atoms with Crippen molar-refractivity contribution in [1.29, 1.82) is 0 Å². The highest BCUT2D eigenvalue weighted by molar-refractivity contribution is 8.15. The second kappa shape index (κ2) is 7.87. The van der Waals surface area contributed by atoms with Crippen LogP contribution in [-0.4, -0.2) is 15.9 Å². The molecule has 120 valence electrons. The molecule has 0 saturated heterocycles. The Morgan fingerprint density at radius 1 is 1.14 bits per heavy atom. The number of hydrogen-bond acceptors (Lipinski definition) is 3. The van der Waals surface area contributed by atoms with Crippen molar-refractivity contribution in [3.05, 3.63) is 42.0 Å². The number of thioether (sulfide) groups is 1. The Kier molecular flexibility index (Phi) is 6.13. The van der Waals surface area contributed by atoms with Crippen LogP contribution in [0, 0.1) is 0 Å². The highest BCUT2D eigenvalue weighted by atomic mass is 32.2. The van der Waals surface area contributed by atoms with Gasteiger partial charge in [0.15, 0.2) is 0 Å². The molecule has 1 fully saturated rings. The maximum absolute atomic E-state index is 12.3. The number of benzene rings is 1. The van der Waals surface area contributed by atoms with Crippen LogP contribution in [0.15, 0.2) is 36.4 Å². The first-order valence-corrected chi connectivity index (χ1v) is 9.02. The standard InChI is InChI=1S/C19H27NOS/c1-19(2,3)22-18(21)14-17(15-10-6-4-7-11-15)20-16-12-8-5-9-13-16/h4,6-7,10-11,14,16,20H,5,8-9,12-13H2,1-3H3/b17-14-. The quantitative estimate of drug-likeness (QED) is 0.792. The molecule has 0 atom stereocenters. The molecule has 1 aromatic rings. The summed E-state index contributed by atoms with van der Waals surface area (Å²) in [6.45, 7) is 6.21. The van der Waals surface area contributed by atoms with E-state index in [0.29, 0.717) is 6.04 Å². The molecule has 1 aliphatic rings. The van der Waals surface area contributed by atoms with E-state index in [1.807, 2.05) is 18.2 Å². The third kappa shape index (κ3) is 5.88. The van der Waals surface area contributed by atoms with Crippen LogP contribution in [0.3, 0.4) is 0 Å². The minimum Gasteiger partial charge on any atom is -0.382 e. The Balaban J connectivity index is 2.15. The molecule has 2 rings (SSSR count). The molecule has 2 nitrogen and oxygen atoms in total. The third-order valence-corrected chi connectivity index (χ3v) is 4.65. The van der Waals surface area contributed by atoms with Gasteiger partial charge in [0.2, 0.25) is 5.12 Å². The molecule has 0 aliphatic heterocycles. The van der Waals surface area contributed by atoms with Crippen LogP contribution in [-0.2, 0) is 4.79 Å². The average molecular weight is 317 g/mol. The summed E-state index contributed by atoms with van der Waals surface area (Å²) in [6.07, 6.45) is 8.08. The molecule has 3 heteroatoms. The fraction of sp³-hybridized carbons (Fsp3) is 0.526. The van der Waals surface area contributed by atoms with Gasteiger partial charge in [0, 0.05) is 22.6 Å². The van der Waals surface area contributed by atoms with E-state index in [4.69, 9.17) is 0 Å². The summed E-state index contributed by atoms with van der Waals surface area (Å²) in [5.41, 5.74) is 2.06. The number of nitrogens with one attached hydrogen (secondary N) is 1. The number of carbonyl (C=O) groups excluding carboxylic acids is 1. The van der Waals surface area contributed by atoms with Crippen LogP contribution in [0.1, 0.15) is 58.4 Å². The lowest BCUT2D eigenvalue weighted by molar-refractivity contribution is -0.107. The Hall–Kier alpha value is -1.22. The van der Waals surface area contributed by atoms with Crippen molar-refractivity contribution in [3.63, 3.8) is 0 Å². The zero-order valence-corrected chi connectivity index (χ0v) is 14.7. The van der Waals surface area contributed by atoms with E-state index in [1.165, 1.54) is 43.9 Å². The molecule has 1 saturated carbocycles. The Morgan fingerprint density at radius 2 is 1.77 bits per heavy atom. The van der Waals surface area contributed by atoms with Crippen LogP contribution in [0.25, 0.3) is 5.70 Å². The SMILES string of the molecule is CC(C)(C)SC(=O)/C=C(\NC1CCCCC1)c1ccccc1. The predicted octanol–water partition coefficient (Wildman–Crippen LogP) is 5.01. The highest BCUT2D eigenvalue weighted by Crippen LogP contribution is 2.26. The van der Waals surface area contributed by atoms with Gasteiger partial charge < -0.3 is 5.32 Å². The first kappa shape index (κ1) is 17.1. The van der Waals surface area contributed by atoms with E-state index in [0.717, 1.165) is 11.3 Å². The van der Waals surface area contributed by atoms with Gasteiger partial charge >= 0.3 is 0 Å². The van der Waals surface area contributed by atoms with Crippen molar-refractivity contribution < 1.29 is 4.79 Å². The van der Waals surface area contributed by atoms with Gasteiger partial charge in [-0.15, -0.1) is 0 Å². The zero-order chi connectivity index (χ0) is 16.0. The molecule has 0 amide bonds. The molecule has 0 aromatic heterocycles. The fourth-order valence-corrected chi connectivity index (χ4v) is 3.52. The van der Waals surface area contributed by atoms with Gasteiger partial charge in [-0.1, -0.05) is 82.1 Å². The van der Waals surface area contributed by atoms with Gasteiger partial charge in [0.05, 0.1) is 0 Å². The van der Waals surface area contributed by atoms with Gasteiger partial charge in [0.1, 0.15) is 0 Å². The molecule has 0 radical (unpaired) electrons. The van der Waals surface area contributed by atoms with E-state index in [1.54, 1.807) is 6.08 Å². The highest BCUT2D eigenvalue weighted by Gasteiger charge is 2.18. The molecular formula is C19H27NOS. The van der Waals surface area contributed by atoms with Gasteiger partial charge in [-0.2, -0.15) is 0 Å². The maximum Gasteiger partial charge on any atom is 0.214 e. The van der Waals surface area contributed by atoms with E-state index in [2.05, 4.69) is 38.2 Å². The fourth-order valence-electron chi connectivity index (χ4n) is 2.74. The van der Waals surface area contributed by atoms with Crippen molar-refractivity contribution in [1.82, 2.24) is 5.32 Å². The first-order chi connectivity index (χ1) is 10.4. The van der Waals surface area contributed by atoms with E-state index >= 15 is 0 Å². The average Bonchev–Trinajstić information content (AvgIpc) is 2.47. The van der Waals surface area contributed by atoms with E-state index in [-0.39, 0.29) is 9.86 Å². The summed E-state index contributed by atoms with van der Waals surface area (Å²) < 4.78 is -0.0553. The Bertz CT molecular complexity index is 510. The number of rotatable bonds is 4. The number of hydrogen-bond donors (Lipinski definition) is 1. The molecule has 0 bridgehead atoms. The summed E-state index contributed by atoms with van der Waals surface area (Å²) in [7, 11) is 0. The topological polar surface area (TPSA) is 29.1 Å². The summed E-state index contributed by atoms with van der Waals surface area (Å²) in [5, 5.41) is 3.74. The van der Waals surface area contributed by atoms with Gasteiger partial charge in [-0.25, -0.2) is 0 Å². The zero-order valence-electron chi connectivity index (χ0n) is 13.9. The van der Waals surface area contributed by atoms with Crippen molar-refractivity contribution in [2.75, 3.05) is 0 Å². The maximum atomic E-state index is 12.3. The molecule has 1 N–H and O–H groups in total. The van der Waals surface area contributed by atoms with Crippen LogP contribution < -0.4 is 5.32 Å². The van der Waals surface area contributed by atoms with Crippen LogP contribution in [0.5, 0.6) is 0 Å². The molecule has 0 spiro atoms. The van der Waals surface area contributed by atoms with Crippen molar-refractivity contribution in [2.45, 2.75) is 63.7 Å². The molecule has 0 heterocycles. The second-order valence-corrected chi connectivity index (χ2v) is 8.77. The Morgan fingerprint density at radius 3 is 2.36 bits per heavy atom. The third-order valence-electron chi connectivity index (χ3n) is 3.72. The molecule has 1 aliphatic carbocycles. The molecule has 1 aromatic carbocycles. The summed E-state index contributed by atoms with van der Waals surface area (Å²) in [4.78, 5) is 12.3. The summed E-state index contributed by atoms with van der Waals surface area (Å²) >= 11 is 1.39. The minimum absolute atomic E-state index is 0.0553. The monoisotopic (exact) mass is 317 g/mol. The van der Waals surface area contributed by atoms with Crippen molar-refractivity contribution in [3.8, 4) is 0 Å². The van der Waals surface area contributed by atoms with Crippen LogP contribution >= 0.6 is 11.8 Å². The largest absolute Gasteiger partial charge is 0.382 e. The summed E-state index contributed by atoms with van der Waals surface area (Å²) in [6, 6.07) is 10.7. The van der Waals surface area contributed by atoms with E-state index in [9.17, 15) is 4.79 Å².